The van der Waals surface area contributed by atoms with E-state index in [2.05, 4.69) is 41.9 Å². The minimum absolute atomic E-state index is 0.0330. The number of thiazole rings is 2. The molecule has 4 aromatic heterocycles. The maximum Gasteiger partial charge on any atom is 0.410 e. The standard InChI is InChI=1S/C23H27N3O3S2.C18H19N3OS2/c1-13-10-11-26(22(28)29-23(3,4)5)12-17-18(13)19(20(31-17)24-14(2)27)21-25-15-8-6-7-9-16(15)30-21;1-10-7-8-19-9-14-15(10)16(17(24-14)20-11(2)22)18-21-12-5-3-4-6-13(12)23-18/h6-9,13H,10-12H2,1-5H3,(H,24,27);3-6,10,19H,7-9H2,1-2H3,(H,20,22). The van der Waals surface area contributed by atoms with E-state index in [1.807, 2.05) is 57.2 Å². The number of thiophene rings is 2. The van der Waals surface area contributed by atoms with Crippen molar-refractivity contribution in [2.45, 2.75) is 91.8 Å². The lowest BCUT2D eigenvalue weighted by Gasteiger charge is -2.26. The van der Waals surface area contributed by atoms with Crippen LogP contribution in [0.1, 0.15) is 94.0 Å². The van der Waals surface area contributed by atoms with E-state index < -0.39 is 5.60 Å². The summed E-state index contributed by atoms with van der Waals surface area (Å²) in [5, 5.41) is 13.2. The molecule has 2 atom stereocenters. The Morgan fingerprint density at radius 1 is 0.764 bits per heavy atom. The smallest absolute Gasteiger partial charge is 0.410 e. The molecule has 0 fully saturated rings. The van der Waals surface area contributed by atoms with Gasteiger partial charge in [-0.2, -0.15) is 0 Å². The van der Waals surface area contributed by atoms with Crippen molar-refractivity contribution < 1.29 is 19.1 Å². The van der Waals surface area contributed by atoms with Gasteiger partial charge in [0.05, 0.1) is 27.0 Å². The quantitative estimate of drug-likeness (QED) is 0.162. The second-order valence-electron chi connectivity index (χ2n) is 15.1. The maximum atomic E-state index is 12.8. The zero-order valence-electron chi connectivity index (χ0n) is 32.1. The van der Waals surface area contributed by atoms with E-state index in [-0.39, 0.29) is 23.8 Å². The highest BCUT2D eigenvalue weighted by atomic mass is 32.1. The Kier molecular flexibility index (Phi) is 11.4. The second-order valence-corrected chi connectivity index (χ2v) is 19.4. The maximum absolute atomic E-state index is 12.8. The first-order valence-electron chi connectivity index (χ1n) is 18.5. The molecule has 8 rings (SSSR count). The molecule has 3 amide bonds. The first-order chi connectivity index (χ1) is 26.3. The lowest BCUT2D eigenvalue weighted by molar-refractivity contribution is -0.115. The van der Waals surface area contributed by atoms with Crippen molar-refractivity contribution in [3.63, 3.8) is 0 Å². The molecule has 6 heterocycles. The van der Waals surface area contributed by atoms with Crippen molar-refractivity contribution in [3.8, 4) is 21.1 Å². The molecule has 3 N–H and O–H groups in total. The third-order valence-corrected chi connectivity index (χ3v) is 13.8. The van der Waals surface area contributed by atoms with Gasteiger partial charge in [0.2, 0.25) is 11.8 Å². The topological polar surface area (TPSA) is 126 Å². The molecular weight excluding hydrogens is 769 g/mol. The van der Waals surface area contributed by atoms with Gasteiger partial charge in [-0.1, -0.05) is 38.1 Å². The van der Waals surface area contributed by atoms with Crippen LogP contribution in [0.5, 0.6) is 0 Å². The molecule has 2 unspecified atom stereocenters. The number of hydrogen-bond donors (Lipinski definition) is 3. The summed E-state index contributed by atoms with van der Waals surface area (Å²) in [4.78, 5) is 50.3. The Morgan fingerprint density at radius 3 is 1.80 bits per heavy atom. The number of amides is 3. The molecule has 0 bridgehead atoms. The average molecular weight is 815 g/mol. The second kappa shape index (κ2) is 16.1. The number of aromatic nitrogens is 2. The van der Waals surface area contributed by atoms with Gasteiger partial charge in [-0.3, -0.25) is 9.59 Å². The highest BCUT2D eigenvalue weighted by Gasteiger charge is 2.33. The van der Waals surface area contributed by atoms with Gasteiger partial charge in [0.1, 0.15) is 25.6 Å². The summed E-state index contributed by atoms with van der Waals surface area (Å²) >= 11 is 6.55. The van der Waals surface area contributed by atoms with Crippen LogP contribution in [-0.2, 0) is 27.4 Å². The minimum atomic E-state index is -0.541. The number of ether oxygens (including phenoxy) is 1. The van der Waals surface area contributed by atoms with E-state index in [1.54, 1.807) is 45.8 Å². The van der Waals surface area contributed by atoms with Crippen LogP contribution in [0, 0.1) is 0 Å². The fraction of sp³-hybridized carbons (Fsp3) is 0.390. The largest absolute Gasteiger partial charge is 0.444 e. The third-order valence-electron chi connectivity index (χ3n) is 9.48. The molecule has 0 aliphatic carbocycles. The molecule has 2 aliphatic rings. The number of hydrogen-bond acceptors (Lipinski definition) is 11. The molecule has 10 nitrogen and oxygen atoms in total. The van der Waals surface area contributed by atoms with Crippen LogP contribution in [0.2, 0.25) is 0 Å². The number of rotatable bonds is 4. The van der Waals surface area contributed by atoms with E-state index in [4.69, 9.17) is 14.7 Å². The van der Waals surface area contributed by atoms with E-state index in [9.17, 15) is 14.4 Å². The number of anilines is 2. The van der Waals surface area contributed by atoms with Crippen molar-refractivity contribution in [2.24, 2.45) is 0 Å². The van der Waals surface area contributed by atoms with Crippen molar-refractivity contribution in [3.05, 3.63) is 69.4 Å². The van der Waals surface area contributed by atoms with Crippen LogP contribution >= 0.6 is 45.3 Å². The van der Waals surface area contributed by atoms with Gasteiger partial charge in [-0.15, -0.1) is 45.3 Å². The summed E-state index contributed by atoms with van der Waals surface area (Å²) in [7, 11) is 0. The van der Waals surface area contributed by atoms with Gasteiger partial charge >= 0.3 is 6.09 Å². The normalized spacial score (nSPS) is 17.0. The van der Waals surface area contributed by atoms with Gasteiger partial charge < -0.3 is 25.6 Å². The molecule has 2 aromatic carbocycles. The van der Waals surface area contributed by atoms with Gasteiger partial charge in [0.15, 0.2) is 0 Å². The summed E-state index contributed by atoms with van der Waals surface area (Å²) in [6.45, 7) is 16.2. The number of para-hydroxylation sites is 2. The van der Waals surface area contributed by atoms with Gasteiger partial charge in [-0.25, -0.2) is 14.8 Å². The zero-order chi connectivity index (χ0) is 39.0. The van der Waals surface area contributed by atoms with E-state index in [1.165, 1.54) is 39.0 Å². The lowest BCUT2D eigenvalue weighted by atomic mass is 9.95. The Balaban J connectivity index is 0.000000174. The van der Waals surface area contributed by atoms with Crippen molar-refractivity contribution in [1.29, 1.82) is 0 Å². The zero-order valence-corrected chi connectivity index (χ0v) is 35.4. The van der Waals surface area contributed by atoms with Crippen LogP contribution in [0.3, 0.4) is 0 Å². The van der Waals surface area contributed by atoms with E-state index >= 15 is 0 Å². The molecule has 6 aromatic rings. The third kappa shape index (κ3) is 8.63. The number of nitrogens with one attached hydrogen (secondary N) is 3. The number of nitrogens with zero attached hydrogens (tertiary/aromatic N) is 3. The van der Waals surface area contributed by atoms with Crippen LogP contribution in [-0.4, -0.2) is 51.5 Å². The number of carbonyl (C=O) groups is 3. The molecule has 2 aliphatic heterocycles. The Labute approximate surface area is 337 Å². The monoisotopic (exact) mass is 814 g/mol. The summed E-state index contributed by atoms with van der Waals surface area (Å²) in [5.41, 5.74) is 6.09. The van der Waals surface area contributed by atoms with Gasteiger partial charge in [0, 0.05) is 47.8 Å². The number of carbonyl (C=O) groups excluding carboxylic acids is 3. The number of fused-ring (bicyclic) bond motifs is 4. The minimum Gasteiger partial charge on any atom is -0.444 e. The van der Waals surface area contributed by atoms with Crippen LogP contribution in [0.25, 0.3) is 41.6 Å². The van der Waals surface area contributed by atoms with E-state index in [0.717, 1.165) is 77.7 Å². The summed E-state index contributed by atoms with van der Waals surface area (Å²) in [6, 6.07) is 16.3. The number of benzene rings is 2. The average Bonchev–Trinajstić information content (AvgIpc) is 3.85. The summed E-state index contributed by atoms with van der Waals surface area (Å²) < 4.78 is 7.92. The first kappa shape index (κ1) is 39.0. The van der Waals surface area contributed by atoms with Crippen LogP contribution in [0.15, 0.2) is 48.5 Å². The van der Waals surface area contributed by atoms with Crippen molar-refractivity contribution in [2.75, 3.05) is 23.7 Å². The lowest BCUT2D eigenvalue weighted by Crippen LogP contribution is -2.36. The van der Waals surface area contributed by atoms with Crippen molar-refractivity contribution >= 4 is 93.7 Å². The molecule has 288 valence electrons. The first-order valence-corrected chi connectivity index (χ1v) is 21.8. The fourth-order valence-electron chi connectivity index (χ4n) is 7.05. The Bertz CT molecular complexity index is 2320. The van der Waals surface area contributed by atoms with Gasteiger partial charge in [0.25, 0.3) is 0 Å². The van der Waals surface area contributed by atoms with Crippen LogP contribution < -0.4 is 16.0 Å². The highest BCUT2D eigenvalue weighted by Crippen LogP contribution is 2.50. The predicted molar refractivity (Wildman–Crippen MR) is 229 cm³/mol. The molecule has 0 saturated heterocycles. The predicted octanol–water partition coefficient (Wildman–Crippen LogP) is 10.8. The highest BCUT2D eigenvalue weighted by molar-refractivity contribution is 7.23. The molecular formula is C41H46N6O4S4. The Morgan fingerprint density at radius 2 is 1.27 bits per heavy atom. The Hall–Kier alpha value is -4.21. The summed E-state index contributed by atoms with van der Waals surface area (Å²) in [6.07, 6.45) is 1.62. The van der Waals surface area contributed by atoms with Crippen LogP contribution in [0.4, 0.5) is 14.8 Å². The fourth-order valence-corrected chi connectivity index (χ4v) is 12.0. The molecule has 14 heteroatoms. The molecule has 0 spiro atoms. The molecule has 55 heavy (non-hydrogen) atoms. The molecule has 0 radical (unpaired) electrons. The summed E-state index contributed by atoms with van der Waals surface area (Å²) in [5.74, 6) is 0.531. The van der Waals surface area contributed by atoms with E-state index in [0.29, 0.717) is 19.0 Å². The molecule has 0 saturated carbocycles. The van der Waals surface area contributed by atoms with Gasteiger partial charge in [-0.05, 0) is 87.4 Å². The van der Waals surface area contributed by atoms with Crippen molar-refractivity contribution in [1.82, 2.24) is 20.2 Å². The SMILES string of the molecule is CC(=O)Nc1sc2c(c1-c1nc3ccccc3s1)C(C)CCN(C(=O)OC(C)(C)C)C2.CC(=O)Nc1sc2c(c1-c1nc3ccccc3s1)C(C)CCNC2.